The van der Waals surface area contributed by atoms with Gasteiger partial charge in [0.1, 0.15) is 4.21 Å². The fraction of sp³-hybridized carbons (Fsp3) is 0.286. The number of rotatable bonds is 6. The predicted octanol–water partition coefficient (Wildman–Crippen LogP) is 4.41. The zero-order valence-corrected chi connectivity index (χ0v) is 14.1. The fourth-order valence-corrected chi connectivity index (χ4v) is 4.21. The zero-order valence-electron chi connectivity index (χ0n) is 11.8. The quantitative estimate of drug-likeness (QED) is 0.815. The molecule has 1 aromatic heterocycles. The molecule has 0 fully saturated rings. The number of anilines is 2. The summed E-state index contributed by atoms with van der Waals surface area (Å²) >= 11 is 6.80. The summed E-state index contributed by atoms with van der Waals surface area (Å²) < 4.78 is 27.5. The molecular formula is C14H17ClN2O2S2. The third kappa shape index (κ3) is 4.36. The van der Waals surface area contributed by atoms with Gasteiger partial charge in [0.25, 0.3) is 10.0 Å². The summed E-state index contributed by atoms with van der Waals surface area (Å²) in [5.41, 5.74) is 1.49. The van der Waals surface area contributed by atoms with Crippen LogP contribution < -0.4 is 10.0 Å². The summed E-state index contributed by atoms with van der Waals surface area (Å²) in [7, 11) is -3.57. The van der Waals surface area contributed by atoms with Crippen molar-refractivity contribution in [3.63, 3.8) is 0 Å². The Balaban J connectivity index is 2.09. The van der Waals surface area contributed by atoms with Gasteiger partial charge < -0.3 is 5.32 Å². The van der Waals surface area contributed by atoms with E-state index in [1.807, 2.05) is 12.1 Å². The van der Waals surface area contributed by atoms with Gasteiger partial charge in [-0.1, -0.05) is 18.5 Å². The van der Waals surface area contributed by atoms with Crippen LogP contribution >= 0.6 is 22.9 Å². The van der Waals surface area contributed by atoms with E-state index in [4.69, 9.17) is 11.6 Å². The highest BCUT2D eigenvalue weighted by Crippen LogP contribution is 2.27. The van der Waals surface area contributed by atoms with Crippen LogP contribution in [0.1, 0.15) is 20.3 Å². The molecule has 1 heterocycles. The minimum atomic E-state index is -3.57. The number of hydrogen-bond acceptors (Lipinski definition) is 4. The van der Waals surface area contributed by atoms with Gasteiger partial charge in [0, 0.05) is 17.4 Å². The molecule has 0 saturated heterocycles. The smallest absolute Gasteiger partial charge is 0.271 e. The minimum Gasteiger partial charge on any atom is -0.383 e. The second kappa shape index (κ2) is 6.68. The molecule has 0 aliphatic rings. The molecule has 2 rings (SSSR count). The SMILES string of the molecule is CCC(C)Nc1ccc(NS(=O)(=O)c2ccc(Cl)s2)cc1. The highest BCUT2D eigenvalue weighted by Gasteiger charge is 2.16. The van der Waals surface area contributed by atoms with E-state index >= 15 is 0 Å². The largest absolute Gasteiger partial charge is 0.383 e. The number of hydrogen-bond donors (Lipinski definition) is 2. The Hall–Kier alpha value is -1.24. The molecule has 1 unspecified atom stereocenters. The third-order valence-corrected chi connectivity index (χ3v) is 6.08. The van der Waals surface area contributed by atoms with Crippen molar-refractivity contribution in [3.8, 4) is 0 Å². The van der Waals surface area contributed by atoms with Crippen molar-refractivity contribution in [1.29, 1.82) is 0 Å². The number of halogens is 1. The van der Waals surface area contributed by atoms with Crippen LogP contribution in [0.3, 0.4) is 0 Å². The average Bonchev–Trinajstić information content (AvgIpc) is 2.88. The molecule has 0 aliphatic carbocycles. The second-order valence-electron chi connectivity index (χ2n) is 4.70. The van der Waals surface area contributed by atoms with Crippen molar-refractivity contribution in [1.82, 2.24) is 0 Å². The Morgan fingerprint density at radius 3 is 2.29 bits per heavy atom. The van der Waals surface area contributed by atoms with Gasteiger partial charge >= 0.3 is 0 Å². The van der Waals surface area contributed by atoms with E-state index in [0.717, 1.165) is 23.4 Å². The lowest BCUT2D eigenvalue weighted by Crippen LogP contribution is -2.14. The molecule has 0 aliphatic heterocycles. The lowest BCUT2D eigenvalue weighted by Gasteiger charge is -2.13. The van der Waals surface area contributed by atoms with Gasteiger partial charge in [0.05, 0.1) is 4.34 Å². The molecule has 114 valence electrons. The molecular weight excluding hydrogens is 328 g/mol. The van der Waals surface area contributed by atoms with Gasteiger partial charge in [-0.25, -0.2) is 8.42 Å². The maximum atomic E-state index is 12.1. The molecule has 2 N–H and O–H groups in total. The first kappa shape index (κ1) is 16.1. The van der Waals surface area contributed by atoms with Gasteiger partial charge in [0.15, 0.2) is 0 Å². The Labute approximate surface area is 134 Å². The molecule has 2 aromatic rings. The van der Waals surface area contributed by atoms with Crippen LogP contribution in [-0.2, 0) is 10.0 Å². The van der Waals surface area contributed by atoms with Crippen LogP contribution in [0.4, 0.5) is 11.4 Å². The molecule has 21 heavy (non-hydrogen) atoms. The van der Waals surface area contributed by atoms with E-state index in [1.165, 1.54) is 6.07 Å². The summed E-state index contributed by atoms with van der Waals surface area (Å²) in [4.78, 5) is 0. The first-order valence-corrected chi connectivity index (χ1v) is 9.23. The van der Waals surface area contributed by atoms with Crippen LogP contribution in [0.15, 0.2) is 40.6 Å². The number of nitrogens with one attached hydrogen (secondary N) is 2. The number of sulfonamides is 1. The van der Waals surface area contributed by atoms with E-state index in [1.54, 1.807) is 18.2 Å². The van der Waals surface area contributed by atoms with Crippen LogP contribution in [0, 0.1) is 0 Å². The van der Waals surface area contributed by atoms with Crippen molar-refractivity contribution < 1.29 is 8.42 Å². The van der Waals surface area contributed by atoms with Gasteiger partial charge in [0.2, 0.25) is 0 Å². The van der Waals surface area contributed by atoms with Gasteiger partial charge in [-0.05, 0) is 49.7 Å². The summed E-state index contributed by atoms with van der Waals surface area (Å²) in [5, 5.41) is 3.32. The normalized spacial score (nSPS) is 12.9. The molecule has 4 nitrogen and oxygen atoms in total. The van der Waals surface area contributed by atoms with E-state index in [0.29, 0.717) is 16.1 Å². The lowest BCUT2D eigenvalue weighted by molar-refractivity contribution is 0.603. The van der Waals surface area contributed by atoms with Crippen LogP contribution in [0.5, 0.6) is 0 Å². The maximum Gasteiger partial charge on any atom is 0.271 e. The number of benzene rings is 1. The van der Waals surface area contributed by atoms with E-state index in [9.17, 15) is 8.42 Å². The maximum absolute atomic E-state index is 12.1. The van der Waals surface area contributed by atoms with Crippen LogP contribution in [0.25, 0.3) is 0 Å². The van der Waals surface area contributed by atoms with Crippen molar-refractivity contribution in [2.24, 2.45) is 0 Å². The van der Waals surface area contributed by atoms with Crippen molar-refractivity contribution in [3.05, 3.63) is 40.7 Å². The molecule has 1 atom stereocenters. The molecule has 7 heteroatoms. The summed E-state index contributed by atoms with van der Waals surface area (Å²) in [6, 6.07) is 10.6. The number of thiophene rings is 1. The van der Waals surface area contributed by atoms with Crippen LogP contribution in [-0.4, -0.2) is 14.5 Å². The van der Waals surface area contributed by atoms with Crippen LogP contribution in [0.2, 0.25) is 4.34 Å². The summed E-state index contributed by atoms with van der Waals surface area (Å²) in [6.07, 6.45) is 1.02. The molecule has 0 amide bonds. The predicted molar refractivity (Wildman–Crippen MR) is 90.0 cm³/mol. The Morgan fingerprint density at radius 1 is 1.14 bits per heavy atom. The van der Waals surface area contributed by atoms with Gasteiger partial charge in [-0.2, -0.15) is 0 Å². The third-order valence-electron chi connectivity index (χ3n) is 2.98. The fourth-order valence-electron chi connectivity index (χ4n) is 1.67. The first-order valence-electron chi connectivity index (χ1n) is 6.55. The average molecular weight is 345 g/mol. The molecule has 0 saturated carbocycles. The molecule has 0 radical (unpaired) electrons. The zero-order chi connectivity index (χ0) is 15.5. The molecule has 0 bridgehead atoms. The highest BCUT2D eigenvalue weighted by atomic mass is 35.5. The summed E-state index contributed by atoms with van der Waals surface area (Å²) in [5.74, 6) is 0. The van der Waals surface area contributed by atoms with Crippen molar-refractivity contribution in [2.75, 3.05) is 10.0 Å². The second-order valence-corrected chi connectivity index (χ2v) is 8.32. The van der Waals surface area contributed by atoms with Gasteiger partial charge in [-0.3, -0.25) is 4.72 Å². The Bertz CT molecular complexity index is 696. The Kier molecular flexibility index (Phi) is 5.13. The minimum absolute atomic E-state index is 0.203. The standard InChI is InChI=1S/C14H17ClN2O2S2/c1-3-10(2)16-11-4-6-12(7-5-11)17-21(18,19)14-9-8-13(15)20-14/h4-10,16-17H,3H2,1-2H3. The van der Waals surface area contributed by atoms with Gasteiger partial charge in [-0.15, -0.1) is 11.3 Å². The molecule has 0 spiro atoms. The molecule has 1 aromatic carbocycles. The highest BCUT2D eigenvalue weighted by molar-refractivity contribution is 7.94. The van der Waals surface area contributed by atoms with E-state index < -0.39 is 10.0 Å². The Morgan fingerprint density at radius 2 is 1.76 bits per heavy atom. The first-order chi connectivity index (χ1) is 9.90. The van der Waals surface area contributed by atoms with E-state index in [2.05, 4.69) is 23.9 Å². The topological polar surface area (TPSA) is 58.2 Å². The van der Waals surface area contributed by atoms with E-state index in [-0.39, 0.29) is 4.21 Å². The van der Waals surface area contributed by atoms with Crippen molar-refractivity contribution >= 4 is 44.3 Å². The summed E-state index contributed by atoms with van der Waals surface area (Å²) in [6.45, 7) is 4.20. The lowest BCUT2D eigenvalue weighted by atomic mass is 10.2. The monoisotopic (exact) mass is 344 g/mol. The van der Waals surface area contributed by atoms with Crippen molar-refractivity contribution in [2.45, 2.75) is 30.5 Å².